The molecule has 0 aromatic heterocycles. The Morgan fingerprint density at radius 3 is 2.43 bits per heavy atom. The fourth-order valence-electron chi connectivity index (χ4n) is 2.35. The average Bonchev–Trinajstić information content (AvgIpc) is 2.95. The number of carbonyl (C=O) groups is 3. The van der Waals surface area contributed by atoms with Crippen molar-refractivity contribution in [1.82, 2.24) is 4.90 Å². The zero-order valence-electron chi connectivity index (χ0n) is 11.4. The van der Waals surface area contributed by atoms with Gasteiger partial charge in [0.25, 0.3) is 0 Å². The van der Waals surface area contributed by atoms with Crippen molar-refractivity contribution in [1.29, 1.82) is 0 Å². The summed E-state index contributed by atoms with van der Waals surface area (Å²) in [5.74, 6) is -1.64. The predicted octanol–water partition coefficient (Wildman–Crippen LogP) is 2.24. The number of nitrogens with zero attached hydrogens (tertiary/aromatic N) is 1. The van der Waals surface area contributed by atoms with E-state index in [1.165, 1.54) is 4.90 Å². The summed E-state index contributed by atoms with van der Waals surface area (Å²) in [6.07, 6.45) is 0.703. The van der Waals surface area contributed by atoms with E-state index in [1.807, 2.05) is 0 Å². The Kier molecular flexibility index (Phi) is 4.96. The van der Waals surface area contributed by atoms with E-state index in [0.29, 0.717) is 23.6 Å². The first-order valence-electron chi connectivity index (χ1n) is 6.76. The maximum absolute atomic E-state index is 12.0. The molecule has 1 N–H and O–H groups in total. The molecule has 0 radical (unpaired) electrons. The molecule has 1 aliphatic heterocycles. The smallest absolute Gasteiger partial charge is 0.308 e. The van der Waals surface area contributed by atoms with Gasteiger partial charge in [-0.15, -0.1) is 0 Å². The molecule has 0 aliphatic carbocycles. The number of amides is 1. The molecule has 1 unspecified atom stereocenters. The van der Waals surface area contributed by atoms with Crippen LogP contribution in [0.4, 0.5) is 0 Å². The molecule has 1 heterocycles. The van der Waals surface area contributed by atoms with Gasteiger partial charge in [0, 0.05) is 36.5 Å². The third-order valence-corrected chi connectivity index (χ3v) is 3.87. The van der Waals surface area contributed by atoms with Crippen molar-refractivity contribution in [3.63, 3.8) is 0 Å². The second kappa shape index (κ2) is 6.72. The molecule has 1 atom stereocenters. The zero-order valence-corrected chi connectivity index (χ0v) is 12.2. The number of aliphatic carboxylic acids is 1. The molecule has 1 saturated heterocycles. The van der Waals surface area contributed by atoms with Gasteiger partial charge in [-0.05, 0) is 30.7 Å². The maximum Gasteiger partial charge on any atom is 0.308 e. The first kappa shape index (κ1) is 15.5. The topological polar surface area (TPSA) is 74.7 Å². The van der Waals surface area contributed by atoms with Crippen LogP contribution in [0.1, 0.15) is 29.6 Å². The van der Waals surface area contributed by atoms with E-state index in [9.17, 15) is 14.4 Å². The minimum absolute atomic E-state index is 0.105. The molecule has 0 bridgehead atoms. The number of hydrogen-bond acceptors (Lipinski definition) is 3. The SMILES string of the molecule is O=C(CCC(=O)N1CCC(C(=O)O)C1)c1ccc(Cl)cc1. The van der Waals surface area contributed by atoms with E-state index in [0.717, 1.165) is 0 Å². The van der Waals surface area contributed by atoms with E-state index in [1.54, 1.807) is 24.3 Å². The van der Waals surface area contributed by atoms with Crippen LogP contribution >= 0.6 is 11.6 Å². The van der Waals surface area contributed by atoms with Gasteiger partial charge in [-0.1, -0.05) is 11.6 Å². The summed E-state index contributed by atoms with van der Waals surface area (Å²) in [5, 5.41) is 9.45. The van der Waals surface area contributed by atoms with Crippen molar-refractivity contribution >= 4 is 29.3 Å². The molecule has 1 fully saturated rings. The van der Waals surface area contributed by atoms with E-state index < -0.39 is 11.9 Å². The van der Waals surface area contributed by atoms with Crippen LogP contribution in [0.2, 0.25) is 5.02 Å². The molecule has 1 aliphatic rings. The van der Waals surface area contributed by atoms with Crippen molar-refractivity contribution < 1.29 is 19.5 Å². The molecule has 21 heavy (non-hydrogen) atoms. The van der Waals surface area contributed by atoms with Crippen LogP contribution in [0.3, 0.4) is 0 Å². The van der Waals surface area contributed by atoms with Crippen molar-refractivity contribution in [2.75, 3.05) is 13.1 Å². The van der Waals surface area contributed by atoms with Crippen molar-refractivity contribution in [3.8, 4) is 0 Å². The van der Waals surface area contributed by atoms with E-state index in [4.69, 9.17) is 16.7 Å². The molecule has 112 valence electrons. The largest absolute Gasteiger partial charge is 0.481 e. The minimum atomic E-state index is -0.873. The van der Waals surface area contributed by atoms with Crippen LogP contribution in [0.25, 0.3) is 0 Å². The molecule has 2 rings (SSSR count). The molecule has 1 aromatic carbocycles. The van der Waals surface area contributed by atoms with Gasteiger partial charge in [0.05, 0.1) is 5.92 Å². The second-order valence-corrected chi connectivity index (χ2v) is 5.53. The predicted molar refractivity (Wildman–Crippen MR) is 77.3 cm³/mol. The van der Waals surface area contributed by atoms with Crippen LogP contribution < -0.4 is 0 Å². The third kappa shape index (κ3) is 4.04. The highest BCUT2D eigenvalue weighted by Gasteiger charge is 2.30. The Balaban J connectivity index is 1.83. The van der Waals surface area contributed by atoms with Gasteiger partial charge in [-0.2, -0.15) is 0 Å². The Labute approximate surface area is 127 Å². The number of hydrogen-bond donors (Lipinski definition) is 1. The van der Waals surface area contributed by atoms with Crippen LogP contribution in [-0.4, -0.2) is 40.8 Å². The van der Waals surface area contributed by atoms with Crippen LogP contribution in [-0.2, 0) is 9.59 Å². The molecule has 0 spiro atoms. The first-order chi connectivity index (χ1) is 9.97. The lowest BCUT2D eigenvalue weighted by atomic mass is 10.1. The molecular formula is C15H16ClNO4. The molecular weight excluding hydrogens is 294 g/mol. The number of halogens is 1. The number of likely N-dealkylation sites (tertiary alicyclic amines) is 1. The Morgan fingerprint density at radius 2 is 1.86 bits per heavy atom. The van der Waals surface area contributed by atoms with Gasteiger partial charge in [-0.25, -0.2) is 0 Å². The van der Waals surface area contributed by atoms with Crippen molar-refractivity contribution in [2.45, 2.75) is 19.3 Å². The summed E-state index contributed by atoms with van der Waals surface area (Å²) < 4.78 is 0. The van der Waals surface area contributed by atoms with Crippen molar-refractivity contribution in [2.24, 2.45) is 5.92 Å². The van der Waals surface area contributed by atoms with Gasteiger partial charge in [0.1, 0.15) is 0 Å². The highest BCUT2D eigenvalue weighted by Crippen LogP contribution is 2.18. The summed E-state index contributed by atoms with van der Waals surface area (Å²) in [6.45, 7) is 0.689. The van der Waals surface area contributed by atoms with Crippen molar-refractivity contribution in [3.05, 3.63) is 34.9 Å². The van der Waals surface area contributed by atoms with E-state index in [2.05, 4.69) is 0 Å². The van der Waals surface area contributed by atoms with Crippen LogP contribution in [0.15, 0.2) is 24.3 Å². The summed E-state index contributed by atoms with van der Waals surface area (Å²) in [7, 11) is 0. The Bertz CT molecular complexity index is 555. The summed E-state index contributed by atoms with van der Waals surface area (Å²) in [4.78, 5) is 36.3. The molecule has 6 heteroatoms. The fourth-order valence-corrected chi connectivity index (χ4v) is 2.47. The fraction of sp³-hybridized carbons (Fsp3) is 0.400. The number of carbonyl (C=O) groups excluding carboxylic acids is 2. The van der Waals surface area contributed by atoms with Gasteiger partial charge < -0.3 is 10.0 Å². The van der Waals surface area contributed by atoms with Gasteiger partial charge >= 0.3 is 5.97 Å². The van der Waals surface area contributed by atoms with Crippen LogP contribution in [0, 0.1) is 5.92 Å². The second-order valence-electron chi connectivity index (χ2n) is 5.09. The number of rotatable bonds is 5. The minimum Gasteiger partial charge on any atom is -0.481 e. The molecule has 0 saturated carbocycles. The van der Waals surface area contributed by atoms with Gasteiger partial charge in [-0.3, -0.25) is 14.4 Å². The molecule has 5 nitrogen and oxygen atoms in total. The maximum atomic E-state index is 12.0. The first-order valence-corrected chi connectivity index (χ1v) is 7.14. The lowest BCUT2D eigenvalue weighted by Crippen LogP contribution is -2.30. The number of ketones is 1. The van der Waals surface area contributed by atoms with Gasteiger partial charge in [0.2, 0.25) is 5.91 Å². The third-order valence-electron chi connectivity index (χ3n) is 3.62. The Morgan fingerprint density at radius 1 is 1.19 bits per heavy atom. The normalized spacial score (nSPS) is 17.8. The average molecular weight is 310 g/mol. The summed E-state index contributed by atoms with van der Waals surface area (Å²) in [5.41, 5.74) is 0.525. The molecule has 1 amide bonds. The highest BCUT2D eigenvalue weighted by molar-refractivity contribution is 6.30. The quantitative estimate of drug-likeness (QED) is 0.846. The van der Waals surface area contributed by atoms with Crippen LogP contribution in [0.5, 0.6) is 0 Å². The Hall–Kier alpha value is -1.88. The molecule has 1 aromatic rings. The number of carboxylic acids is 1. The summed E-state index contributed by atoms with van der Waals surface area (Å²) in [6, 6.07) is 6.53. The number of Topliss-reactive ketones (excluding diaryl/α,β-unsaturated/α-hetero) is 1. The lowest BCUT2D eigenvalue weighted by molar-refractivity contribution is -0.141. The number of carboxylic acid groups (broad SMARTS) is 1. The van der Waals surface area contributed by atoms with E-state index in [-0.39, 0.29) is 31.1 Å². The lowest BCUT2D eigenvalue weighted by Gasteiger charge is -2.15. The van der Waals surface area contributed by atoms with E-state index >= 15 is 0 Å². The monoisotopic (exact) mass is 309 g/mol. The zero-order chi connectivity index (χ0) is 15.4. The standard InChI is InChI=1S/C15H16ClNO4/c16-12-3-1-10(2-4-12)13(18)5-6-14(19)17-8-7-11(9-17)15(20)21/h1-4,11H,5-9H2,(H,20,21). The van der Waals surface area contributed by atoms with Gasteiger partial charge in [0.15, 0.2) is 5.78 Å². The highest BCUT2D eigenvalue weighted by atomic mass is 35.5. The summed E-state index contributed by atoms with van der Waals surface area (Å²) >= 11 is 5.75. The number of benzene rings is 1.